The third-order valence-corrected chi connectivity index (χ3v) is 3.84. The van der Waals surface area contributed by atoms with Crippen LogP contribution in [-0.4, -0.2) is 51.1 Å². The highest BCUT2D eigenvalue weighted by Crippen LogP contribution is 2.18. The number of hydrogen-bond acceptors (Lipinski definition) is 4. The van der Waals surface area contributed by atoms with Crippen LogP contribution in [0, 0.1) is 0 Å². The van der Waals surface area contributed by atoms with E-state index < -0.39 is 0 Å². The van der Waals surface area contributed by atoms with Crippen molar-refractivity contribution >= 4 is 11.8 Å². The molecule has 2 aromatic carbocycles. The molecule has 138 valence electrons. The van der Waals surface area contributed by atoms with Crippen LogP contribution in [0.5, 0.6) is 11.5 Å². The number of nitrogens with one attached hydrogen (secondary N) is 1. The van der Waals surface area contributed by atoms with Crippen LogP contribution in [-0.2, 0) is 11.2 Å². The van der Waals surface area contributed by atoms with Gasteiger partial charge in [-0.25, -0.2) is 0 Å². The van der Waals surface area contributed by atoms with Gasteiger partial charge in [0.05, 0.1) is 12.7 Å². The molecule has 0 atom stereocenters. The third-order valence-electron chi connectivity index (χ3n) is 3.84. The largest absolute Gasteiger partial charge is 0.497 e. The molecular weight excluding hydrogens is 332 g/mol. The van der Waals surface area contributed by atoms with E-state index in [1.165, 1.54) is 4.90 Å². The van der Waals surface area contributed by atoms with Gasteiger partial charge in [0, 0.05) is 20.6 Å². The molecule has 0 radical (unpaired) electrons. The summed E-state index contributed by atoms with van der Waals surface area (Å²) in [5.41, 5.74) is 1.51. The van der Waals surface area contributed by atoms with Crippen molar-refractivity contribution in [3.05, 3.63) is 59.7 Å². The molecular formula is C20H24N2O4. The van der Waals surface area contributed by atoms with Gasteiger partial charge in [-0.15, -0.1) is 0 Å². The maximum atomic E-state index is 12.4. The summed E-state index contributed by atoms with van der Waals surface area (Å²) in [4.78, 5) is 25.5. The lowest BCUT2D eigenvalue weighted by Crippen LogP contribution is -2.29. The Morgan fingerprint density at radius 1 is 1.04 bits per heavy atom. The summed E-state index contributed by atoms with van der Waals surface area (Å²) in [6, 6.07) is 14.6. The molecule has 0 saturated carbocycles. The lowest BCUT2D eigenvalue weighted by Gasteiger charge is -2.14. The first-order valence-corrected chi connectivity index (χ1v) is 8.34. The summed E-state index contributed by atoms with van der Waals surface area (Å²) in [5, 5.41) is 2.88. The van der Waals surface area contributed by atoms with Crippen LogP contribution in [0.1, 0.15) is 15.9 Å². The molecule has 1 N–H and O–H groups in total. The van der Waals surface area contributed by atoms with E-state index in [0.717, 1.165) is 11.3 Å². The minimum atomic E-state index is -0.230. The first-order chi connectivity index (χ1) is 12.5. The second-order valence-electron chi connectivity index (χ2n) is 5.93. The van der Waals surface area contributed by atoms with Gasteiger partial charge in [0.1, 0.15) is 11.5 Å². The van der Waals surface area contributed by atoms with Gasteiger partial charge in [-0.2, -0.15) is 0 Å². The normalized spacial score (nSPS) is 10.1. The summed E-state index contributed by atoms with van der Waals surface area (Å²) in [7, 11) is 4.94. The number of likely N-dealkylation sites (N-methyl/N-ethyl adjacent to an activating group) is 1. The van der Waals surface area contributed by atoms with Gasteiger partial charge in [0.15, 0.2) is 6.61 Å². The van der Waals surface area contributed by atoms with Crippen molar-refractivity contribution in [3.63, 3.8) is 0 Å². The Morgan fingerprint density at radius 3 is 2.38 bits per heavy atom. The van der Waals surface area contributed by atoms with E-state index in [2.05, 4.69) is 5.32 Å². The summed E-state index contributed by atoms with van der Waals surface area (Å²) < 4.78 is 10.6. The molecule has 0 fully saturated rings. The van der Waals surface area contributed by atoms with E-state index in [1.807, 2.05) is 24.3 Å². The number of amides is 2. The van der Waals surface area contributed by atoms with Crippen LogP contribution in [0.25, 0.3) is 0 Å². The molecule has 6 heteroatoms. The van der Waals surface area contributed by atoms with Gasteiger partial charge in [-0.3, -0.25) is 9.59 Å². The zero-order valence-corrected chi connectivity index (χ0v) is 15.3. The topological polar surface area (TPSA) is 67.9 Å². The highest BCUT2D eigenvalue weighted by atomic mass is 16.5. The number of methoxy groups -OCH3 is 1. The summed E-state index contributed by atoms with van der Waals surface area (Å²) in [6.07, 6.45) is 0.706. The number of benzene rings is 2. The molecule has 0 aliphatic heterocycles. The van der Waals surface area contributed by atoms with Crippen LogP contribution in [0.15, 0.2) is 48.5 Å². The molecule has 26 heavy (non-hydrogen) atoms. The van der Waals surface area contributed by atoms with Gasteiger partial charge in [0.2, 0.25) is 0 Å². The maximum Gasteiger partial charge on any atom is 0.259 e. The molecule has 0 spiro atoms. The number of carbonyl (C=O) groups is 2. The Morgan fingerprint density at radius 2 is 1.73 bits per heavy atom. The number of para-hydroxylation sites is 1. The Hall–Kier alpha value is -3.02. The molecule has 0 bridgehead atoms. The Balaban J connectivity index is 1.91. The fourth-order valence-corrected chi connectivity index (χ4v) is 2.26. The van der Waals surface area contributed by atoms with Gasteiger partial charge >= 0.3 is 0 Å². The van der Waals surface area contributed by atoms with E-state index in [-0.39, 0.29) is 18.4 Å². The van der Waals surface area contributed by atoms with Crippen molar-refractivity contribution < 1.29 is 19.1 Å². The summed E-state index contributed by atoms with van der Waals surface area (Å²) in [6.45, 7) is 0.388. The standard InChI is InChI=1S/C20H24N2O4/c1-22(2)19(23)14-26-18-7-5-4-6-17(18)20(24)21-13-12-15-8-10-16(25-3)11-9-15/h4-11H,12-14H2,1-3H3,(H,21,24). The molecule has 0 unspecified atom stereocenters. The Kier molecular flexibility index (Phi) is 7.02. The van der Waals surface area contributed by atoms with Crippen molar-refractivity contribution in [2.45, 2.75) is 6.42 Å². The SMILES string of the molecule is COc1ccc(CCNC(=O)c2ccccc2OCC(=O)N(C)C)cc1. The molecule has 0 aromatic heterocycles. The third kappa shape index (κ3) is 5.51. The number of carbonyl (C=O) groups excluding carboxylic acids is 2. The van der Waals surface area contributed by atoms with E-state index >= 15 is 0 Å². The van der Waals surface area contributed by atoms with E-state index in [0.29, 0.717) is 24.3 Å². The zero-order valence-electron chi connectivity index (χ0n) is 15.3. The molecule has 0 saturated heterocycles. The van der Waals surface area contributed by atoms with Crippen LogP contribution in [0.2, 0.25) is 0 Å². The lowest BCUT2D eigenvalue weighted by atomic mass is 10.1. The van der Waals surface area contributed by atoms with Crippen LogP contribution in [0.3, 0.4) is 0 Å². The predicted octanol–water partition coefficient (Wildman–Crippen LogP) is 2.13. The predicted molar refractivity (Wildman–Crippen MR) is 99.7 cm³/mol. The monoisotopic (exact) mass is 356 g/mol. The van der Waals surface area contributed by atoms with Gasteiger partial charge in [-0.1, -0.05) is 24.3 Å². The fourth-order valence-electron chi connectivity index (χ4n) is 2.26. The summed E-state index contributed by atoms with van der Waals surface area (Å²) in [5.74, 6) is 0.798. The molecule has 0 aliphatic rings. The van der Waals surface area contributed by atoms with Crippen molar-refractivity contribution in [2.75, 3.05) is 34.4 Å². The van der Waals surface area contributed by atoms with Crippen molar-refractivity contribution in [1.29, 1.82) is 0 Å². The van der Waals surface area contributed by atoms with Crippen molar-refractivity contribution in [1.82, 2.24) is 10.2 Å². The molecule has 2 rings (SSSR count). The zero-order chi connectivity index (χ0) is 18.9. The summed E-state index contributed by atoms with van der Waals surface area (Å²) >= 11 is 0. The average Bonchev–Trinajstić information content (AvgIpc) is 2.66. The van der Waals surface area contributed by atoms with E-state index in [4.69, 9.17) is 9.47 Å². The number of rotatable bonds is 8. The van der Waals surface area contributed by atoms with Crippen molar-refractivity contribution in [3.8, 4) is 11.5 Å². The Labute approximate surface area is 153 Å². The first kappa shape index (κ1) is 19.3. The lowest BCUT2D eigenvalue weighted by molar-refractivity contribution is -0.130. The van der Waals surface area contributed by atoms with Crippen LogP contribution in [0.4, 0.5) is 0 Å². The quantitative estimate of drug-likeness (QED) is 0.787. The number of ether oxygens (including phenoxy) is 2. The second-order valence-corrected chi connectivity index (χ2v) is 5.93. The smallest absolute Gasteiger partial charge is 0.259 e. The van der Waals surface area contributed by atoms with Gasteiger partial charge < -0.3 is 19.7 Å². The number of hydrogen-bond donors (Lipinski definition) is 1. The highest BCUT2D eigenvalue weighted by molar-refractivity contribution is 5.97. The molecule has 0 aliphatic carbocycles. The first-order valence-electron chi connectivity index (χ1n) is 8.34. The molecule has 2 amide bonds. The van der Waals surface area contributed by atoms with Crippen LogP contribution < -0.4 is 14.8 Å². The minimum absolute atomic E-state index is 0.108. The van der Waals surface area contributed by atoms with Gasteiger partial charge in [-0.05, 0) is 36.2 Å². The van der Waals surface area contributed by atoms with E-state index in [9.17, 15) is 9.59 Å². The van der Waals surface area contributed by atoms with E-state index in [1.54, 1.807) is 45.5 Å². The fraction of sp³-hybridized carbons (Fsp3) is 0.300. The maximum absolute atomic E-state index is 12.4. The minimum Gasteiger partial charge on any atom is -0.497 e. The van der Waals surface area contributed by atoms with Crippen LogP contribution >= 0.6 is 0 Å². The molecule has 6 nitrogen and oxygen atoms in total. The molecule has 2 aromatic rings. The second kappa shape index (κ2) is 9.46. The van der Waals surface area contributed by atoms with Crippen molar-refractivity contribution in [2.24, 2.45) is 0 Å². The van der Waals surface area contributed by atoms with Gasteiger partial charge in [0.25, 0.3) is 11.8 Å². The molecule has 0 heterocycles. The Bertz CT molecular complexity index is 742. The average molecular weight is 356 g/mol. The highest BCUT2D eigenvalue weighted by Gasteiger charge is 2.13. The number of nitrogens with zero attached hydrogens (tertiary/aromatic N) is 1.